The van der Waals surface area contributed by atoms with Crippen molar-refractivity contribution in [3.63, 3.8) is 0 Å². The number of benzene rings is 2. The number of hydrogen-bond donors (Lipinski definition) is 1. The van der Waals surface area contributed by atoms with Crippen LogP contribution in [-0.4, -0.2) is 25.8 Å². The number of rotatable bonds is 5. The molecule has 6 nitrogen and oxygen atoms in total. The Morgan fingerprint density at radius 1 is 1.20 bits per heavy atom. The second kappa shape index (κ2) is 7.57. The van der Waals surface area contributed by atoms with Crippen molar-refractivity contribution in [2.75, 3.05) is 13.9 Å². The van der Waals surface area contributed by atoms with Gasteiger partial charge in [-0.05, 0) is 29.8 Å². The van der Waals surface area contributed by atoms with Crippen LogP contribution in [-0.2, 0) is 9.53 Å². The Morgan fingerprint density at radius 2 is 1.96 bits per heavy atom. The van der Waals surface area contributed by atoms with Gasteiger partial charge >= 0.3 is 5.97 Å². The van der Waals surface area contributed by atoms with Gasteiger partial charge in [0, 0.05) is 4.47 Å². The third kappa shape index (κ3) is 3.93. The Bertz CT molecular complexity index is 791. The van der Waals surface area contributed by atoms with Gasteiger partial charge in [-0.2, -0.15) is 0 Å². The van der Waals surface area contributed by atoms with Crippen LogP contribution >= 0.6 is 15.9 Å². The van der Waals surface area contributed by atoms with Crippen LogP contribution in [0.3, 0.4) is 0 Å². The number of methoxy groups -OCH3 is 1. The first-order valence-electron chi connectivity index (χ1n) is 7.60. The van der Waals surface area contributed by atoms with Crippen LogP contribution in [0.4, 0.5) is 0 Å². The van der Waals surface area contributed by atoms with E-state index in [1.165, 1.54) is 7.11 Å². The Morgan fingerprint density at radius 3 is 2.68 bits per heavy atom. The monoisotopic (exact) mass is 405 g/mol. The summed E-state index contributed by atoms with van der Waals surface area (Å²) in [5.41, 5.74) is 1.16. The lowest BCUT2D eigenvalue weighted by molar-refractivity contribution is -0.141. The molecule has 1 N–H and O–H groups in total. The first kappa shape index (κ1) is 17.3. The number of halogens is 1. The van der Waals surface area contributed by atoms with E-state index in [1.807, 2.05) is 24.3 Å². The van der Waals surface area contributed by atoms with Crippen LogP contribution in [0.15, 0.2) is 46.9 Å². The van der Waals surface area contributed by atoms with Gasteiger partial charge in [0.15, 0.2) is 11.5 Å². The molecule has 1 heterocycles. The quantitative estimate of drug-likeness (QED) is 0.773. The lowest BCUT2D eigenvalue weighted by atomic mass is 10.0. The molecule has 0 spiro atoms. The molecule has 1 unspecified atom stereocenters. The predicted octanol–water partition coefficient (Wildman–Crippen LogP) is 3.21. The highest BCUT2D eigenvalue weighted by atomic mass is 79.9. The standard InChI is InChI=1S/C18H16BrNO5/c1-23-16(21)9-14(11-5-7-12(19)8-6-11)20-18(22)13-3-2-4-15-17(13)25-10-24-15/h2-8,14H,9-10H2,1H3,(H,20,22). The van der Waals surface area contributed by atoms with E-state index in [0.29, 0.717) is 17.1 Å². The fraction of sp³-hybridized carbons (Fsp3) is 0.222. The molecule has 2 aromatic carbocycles. The molecule has 0 saturated carbocycles. The lowest BCUT2D eigenvalue weighted by Gasteiger charge is -2.19. The third-order valence-corrected chi connectivity index (χ3v) is 4.35. The number of para-hydroxylation sites is 1. The summed E-state index contributed by atoms with van der Waals surface area (Å²) in [6, 6.07) is 12.0. The molecule has 2 aromatic rings. The number of esters is 1. The highest BCUT2D eigenvalue weighted by Crippen LogP contribution is 2.35. The molecular formula is C18H16BrNO5. The van der Waals surface area contributed by atoms with Gasteiger partial charge in [-0.1, -0.05) is 34.1 Å². The summed E-state index contributed by atoms with van der Waals surface area (Å²) in [5.74, 6) is 0.179. The van der Waals surface area contributed by atoms with Crippen molar-refractivity contribution in [1.82, 2.24) is 5.32 Å². The van der Waals surface area contributed by atoms with E-state index in [1.54, 1.807) is 18.2 Å². The summed E-state index contributed by atoms with van der Waals surface area (Å²) in [4.78, 5) is 24.5. The van der Waals surface area contributed by atoms with Gasteiger partial charge in [-0.15, -0.1) is 0 Å². The molecule has 0 saturated heterocycles. The van der Waals surface area contributed by atoms with Crippen LogP contribution in [0.25, 0.3) is 0 Å². The van der Waals surface area contributed by atoms with Crippen molar-refractivity contribution in [2.24, 2.45) is 0 Å². The number of ether oxygens (including phenoxy) is 3. The lowest BCUT2D eigenvalue weighted by Crippen LogP contribution is -2.30. The maximum atomic E-state index is 12.7. The highest BCUT2D eigenvalue weighted by Gasteiger charge is 2.25. The van der Waals surface area contributed by atoms with Crippen molar-refractivity contribution in [3.8, 4) is 11.5 Å². The van der Waals surface area contributed by atoms with Crippen LogP contribution < -0.4 is 14.8 Å². The van der Waals surface area contributed by atoms with Gasteiger partial charge in [0.05, 0.1) is 25.1 Å². The number of carbonyl (C=O) groups is 2. The van der Waals surface area contributed by atoms with E-state index in [4.69, 9.17) is 14.2 Å². The van der Waals surface area contributed by atoms with Crippen molar-refractivity contribution >= 4 is 27.8 Å². The summed E-state index contributed by atoms with van der Waals surface area (Å²) in [5, 5.41) is 2.87. The fourth-order valence-electron chi connectivity index (χ4n) is 2.54. The zero-order valence-electron chi connectivity index (χ0n) is 13.5. The smallest absolute Gasteiger partial charge is 0.307 e. The van der Waals surface area contributed by atoms with Crippen molar-refractivity contribution in [1.29, 1.82) is 0 Å². The van der Waals surface area contributed by atoms with Gasteiger partial charge in [-0.3, -0.25) is 9.59 Å². The number of fused-ring (bicyclic) bond motifs is 1. The van der Waals surface area contributed by atoms with E-state index in [2.05, 4.69) is 21.2 Å². The Hall–Kier alpha value is -2.54. The third-order valence-electron chi connectivity index (χ3n) is 3.82. The number of carbonyl (C=O) groups excluding carboxylic acids is 2. The van der Waals surface area contributed by atoms with E-state index >= 15 is 0 Å². The van der Waals surface area contributed by atoms with Crippen molar-refractivity contribution < 1.29 is 23.8 Å². The molecule has 1 aliphatic heterocycles. The van der Waals surface area contributed by atoms with Crippen LogP contribution in [0.2, 0.25) is 0 Å². The van der Waals surface area contributed by atoms with E-state index in [-0.39, 0.29) is 19.1 Å². The average molecular weight is 406 g/mol. The minimum absolute atomic E-state index is 0.0241. The Balaban J connectivity index is 1.84. The largest absolute Gasteiger partial charge is 0.469 e. The van der Waals surface area contributed by atoms with Gasteiger partial charge in [0.25, 0.3) is 5.91 Å². The molecule has 1 amide bonds. The zero-order valence-corrected chi connectivity index (χ0v) is 15.0. The molecule has 0 aliphatic carbocycles. The van der Waals surface area contributed by atoms with Crippen LogP contribution in [0.1, 0.15) is 28.4 Å². The molecule has 7 heteroatoms. The summed E-state index contributed by atoms with van der Waals surface area (Å²) in [7, 11) is 1.32. The van der Waals surface area contributed by atoms with E-state index < -0.39 is 12.0 Å². The molecule has 0 radical (unpaired) electrons. The fourth-order valence-corrected chi connectivity index (χ4v) is 2.81. The SMILES string of the molecule is COC(=O)CC(NC(=O)c1cccc2c1OCO2)c1ccc(Br)cc1. The predicted molar refractivity (Wildman–Crippen MR) is 93.5 cm³/mol. The van der Waals surface area contributed by atoms with Gasteiger partial charge < -0.3 is 19.5 Å². The van der Waals surface area contributed by atoms with Gasteiger partial charge in [-0.25, -0.2) is 0 Å². The molecule has 0 fully saturated rings. The summed E-state index contributed by atoms with van der Waals surface area (Å²) in [6.07, 6.45) is 0.0241. The van der Waals surface area contributed by atoms with Crippen molar-refractivity contribution in [2.45, 2.75) is 12.5 Å². The molecule has 1 aliphatic rings. The zero-order chi connectivity index (χ0) is 17.8. The molecule has 25 heavy (non-hydrogen) atoms. The molecule has 1 atom stereocenters. The van der Waals surface area contributed by atoms with E-state index in [9.17, 15) is 9.59 Å². The molecular weight excluding hydrogens is 390 g/mol. The van der Waals surface area contributed by atoms with E-state index in [0.717, 1.165) is 10.0 Å². The average Bonchev–Trinajstić information content (AvgIpc) is 3.10. The molecule has 0 aromatic heterocycles. The Labute approximate surface area is 153 Å². The highest BCUT2D eigenvalue weighted by molar-refractivity contribution is 9.10. The molecule has 0 bridgehead atoms. The second-order valence-electron chi connectivity index (χ2n) is 5.40. The van der Waals surface area contributed by atoms with Gasteiger partial charge in [0.2, 0.25) is 6.79 Å². The topological polar surface area (TPSA) is 73.9 Å². The first-order valence-corrected chi connectivity index (χ1v) is 8.39. The van der Waals surface area contributed by atoms with Crippen LogP contribution in [0.5, 0.6) is 11.5 Å². The van der Waals surface area contributed by atoms with Gasteiger partial charge in [0.1, 0.15) is 0 Å². The molecule has 130 valence electrons. The minimum atomic E-state index is -0.522. The first-order chi connectivity index (χ1) is 12.1. The second-order valence-corrected chi connectivity index (χ2v) is 6.31. The normalized spacial score (nSPS) is 13.2. The number of nitrogens with one attached hydrogen (secondary N) is 1. The number of hydrogen-bond acceptors (Lipinski definition) is 5. The minimum Gasteiger partial charge on any atom is -0.469 e. The Kier molecular flexibility index (Phi) is 5.23. The molecule has 3 rings (SSSR count). The summed E-state index contributed by atoms with van der Waals surface area (Å²) in [6.45, 7) is 0.0813. The van der Waals surface area contributed by atoms with Crippen molar-refractivity contribution in [3.05, 3.63) is 58.1 Å². The summed E-state index contributed by atoms with van der Waals surface area (Å²) >= 11 is 3.37. The maximum absolute atomic E-state index is 12.7. The maximum Gasteiger partial charge on any atom is 0.307 e. The summed E-state index contributed by atoms with van der Waals surface area (Å²) < 4.78 is 16.3. The van der Waals surface area contributed by atoms with Crippen LogP contribution in [0, 0.1) is 0 Å². The number of amides is 1.